The highest BCUT2D eigenvalue weighted by Crippen LogP contribution is 2.30. The van der Waals surface area contributed by atoms with Crippen LogP contribution >= 0.6 is 23.2 Å². The van der Waals surface area contributed by atoms with Crippen LogP contribution in [0.1, 0.15) is 5.56 Å². The van der Waals surface area contributed by atoms with Gasteiger partial charge >= 0.3 is 11.9 Å². The fourth-order valence-electron chi connectivity index (χ4n) is 2.82. The van der Waals surface area contributed by atoms with E-state index >= 15 is 0 Å². The summed E-state index contributed by atoms with van der Waals surface area (Å²) in [4.78, 5) is 20.6. The number of aliphatic carboxylic acids is 2. The van der Waals surface area contributed by atoms with E-state index in [-0.39, 0.29) is 6.10 Å². The number of ether oxygens (including phenoxy) is 3. The lowest BCUT2D eigenvalue weighted by atomic mass is 10.2. The first-order valence-electron chi connectivity index (χ1n) is 9.29. The molecule has 0 bridgehead atoms. The molecule has 1 saturated heterocycles. The van der Waals surface area contributed by atoms with Crippen molar-refractivity contribution in [1.82, 2.24) is 4.90 Å². The van der Waals surface area contributed by atoms with E-state index in [0.717, 1.165) is 24.7 Å². The van der Waals surface area contributed by atoms with Crippen LogP contribution in [0.25, 0.3) is 0 Å². The summed E-state index contributed by atoms with van der Waals surface area (Å²) >= 11 is 11.9. The highest BCUT2D eigenvalue weighted by molar-refractivity contribution is 6.31. The molecule has 3 rings (SSSR count). The molecule has 1 fully saturated rings. The standard InChI is InChI=1S/C19H21Cl2NO3.C2H2O4/c1-23-19-10-16(21)6-7-18(19)25-13-17-12-22(8-9-24-17)11-14-2-4-15(20)5-3-14;3-1(4)2(5)6/h2-7,10,17H,8-9,11-13H2,1H3;(H,3,4)(H,5,6)/t17-;/m1./s1. The monoisotopic (exact) mass is 471 g/mol. The average Bonchev–Trinajstić information content (AvgIpc) is 2.75. The van der Waals surface area contributed by atoms with Gasteiger partial charge in [-0.15, -0.1) is 0 Å². The summed E-state index contributed by atoms with van der Waals surface area (Å²) in [5, 5.41) is 16.2. The van der Waals surface area contributed by atoms with E-state index in [1.807, 2.05) is 18.2 Å². The smallest absolute Gasteiger partial charge is 0.414 e. The molecule has 1 aliphatic heterocycles. The fraction of sp³-hybridized carbons (Fsp3) is 0.333. The molecule has 0 unspecified atom stereocenters. The van der Waals surface area contributed by atoms with Crippen molar-refractivity contribution in [3.8, 4) is 11.5 Å². The number of carboxylic acids is 2. The summed E-state index contributed by atoms with van der Waals surface area (Å²) < 4.78 is 17.0. The summed E-state index contributed by atoms with van der Waals surface area (Å²) in [5.41, 5.74) is 1.24. The van der Waals surface area contributed by atoms with Crippen LogP contribution in [0.3, 0.4) is 0 Å². The summed E-state index contributed by atoms with van der Waals surface area (Å²) in [6.07, 6.45) is 0.0152. The first kappa shape index (κ1) is 24.7. The number of methoxy groups -OCH3 is 1. The maximum absolute atomic E-state index is 9.10. The zero-order valence-electron chi connectivity index (χ0n) is 16.8. The minimum Gasteiger partial charge on any atom is -0.493 e. The predicted octanol–water partition coefficient (Wildman–Crippen LogP) is 3.44. The SMILES string of the molecule is COc1cc(Cl)ccc1OC[C@H]1CN(Cc2ccc(Cl)cc2)CCO1.O=C(O)C(=O)O. The second-order valence-corrected chi connectivity index (χ2v) is 7.44. The van der Waals surface area contributed by atoms with Crippen LogP contribution in [0.15, 0.2) is 42.5 Å². The van der Waals surface area contributed by atoms with E-state index in [2.05, 4.69) is 17.0 Å². The number of nitrogens with zero attached hydrogens (tertiary/aromatic N) is 1. The van der Waals surface area contributed by atoms with Crippen molar-refractivity contribution in [2.45, 2.75) is 12.6 Å². The molecular formula is C21H23Cl2NO7. The minimum atomic E-state index is -1.82. The number of rotatable bonds is 6. The predicted molar refractivity (Wildman–Crippen MR) is 115 cm³/mol. The van der Waals surface area contributed by atoms with Crippen LogP contribution in [0, 0.1) is 0 Å². The molecule has 0 amide bonds. The molecule has 8 nitrogen and oxygen atoms in total. The molecule has 0 radical (unpaired) electrons. The number of carbonyl (C=O) groups is 2. The van der Waals surface area contributed by atoms with Crippen LogP contribution < -0.4 is 9.47 Å². The normalized spacial score (nSPS) is 16.0. The van der Waals surface area contributed by atoms with Crippen molar-refractivity contribution in [3.63, 3.8) is 0 Å². The first-order chi connectivity index (χ1) is 14.8. The maximum Gasteiger partial charge on any atom is 0.414 e. The second kappa shape index (κ2) is 12.4. The lowest BCUT2D eigenvalue weighted by Crippen LogP contribution is -2.44. The van der Waals surface area contributed by atoms with Crippen molar-refractivity contribution in [2.24, 2.45) is 0 Å². The molecule has 168 valence electrons. The van der Waals surface area contributed by atoms with Gasteiger partial charge < -0.3 is 24.4 Å². The van der Waals surface area contributed by atoms with Crippen LogP contribution in [-0.4, -0.2) is 66.6 Å². The zero-order chi connectivity index (χ0) is 22.8. The number of hydrogen-bond acceptors (Lipinski definition) is 6. The third kappa shape index (κ3) is 8.63. The van der Waals surface area contributed by atoms with Gasteiger partial charge in [-0.25, -0.2) is 9.59 Å². The van der Waals surface area contributed by atoms with E-state index in [1.165, 1.54) is 5.56 Å². The van der Waals surface area contributed by atoms with Gasteiger partial charge in [0.2, 0.25) is 0 Å². The molecular weight excluding hydrogens is 449 g/mol. The molecule has 1 atom stereocenters. The molecule has 2 N–H and O–H groups in total. The molecule has 2 aromatic carbocycles. The van der Waals surface area contributed by atoms with E-state index in [1.54, 1.807) is 19.2 Å². The van der Waals surface area contributed by atoms with Crippen LogP contribution in [0.2, 0.25) is 10.0 Å². The average molecular weight is 472 g/mol. The Labute approximate surface area is 189 Å². The van der Waals surface area contributed by atoms with Crippen LogP contribution in [0.4, 0.5) is 0 Å². The number of carboxylic acid groups (broad SMARTS) is 2. The molecule has 0 aromatic heterocycles. The Balaban J connectivity index is 0.000000501. The largest absolute Gasteiger partial charge is 0.493 e. The van der Waals surface area contributed by atoms with Gasteiger partial charge in [0.1, 0.15) is 12.7 Å². The highest BCUT2D eigenvalue weighted by Gasteiger charge is 2.21. The Bertz CT molecular complexity index is 865. The maximum atomic E-state index is 9.10. The van der Waals surface area contributed by atoms with Gasteiger partial charge in [-0.3, -0.25) is 4.90 Å². The van der Waals surface area contributed by atoms with E-state index in [9.17, 15) is 0 Å². The molecule has 1 aliphatic rings. The Kier molecular flexibility index (Phi) is 9.87. The summed E-state index contributed by atoms with van der Waals surface area (Å²) in [5.74, 6) is -2.35. The Morgan fingerprint density at radius 2 is 1.71 bits per heavy atom. The highest BCUT2D eigenvalue weighted by atomic mass is 35.5. The Morgan fingerprint density at radius 3 is 2.32 bits per heavy atom. The lowest BCUT2D eigenvalue weighted by Gasteiger charge is -2.32. The number of benzene rings is 2. The Morgan fingerprint density at radius 1 is 1.06 bits per heavy atom. The fourth-order valence-corrected chi connectivity index (χ4v) is 3.10. The summed E-state index contributed by atoms with van der Waals surface area (Å²) in [6, 6.07) is 13.3. The van der Waals surface area contributed by atoms with Gasteiger partial charge in [0.25, 0.3) is 0 Å². The third-order valence-electron chi connectivity index (χ3n) is 4.28. The number of halogens is 2. The van der Waals surface area contributed by atoms with Gasteiger partial charge in [0.15, 0.2) is 11.5 Å². The first-order valence-corrected chi connectivity index (χ1v) is 10.0. The van der Waals surface area contributed by atoms with Crippen molar-refractivity contribution in [2.75, 3.05) is 33.4 Å². The second-order valence-electron chi connectivity index (χ2n) is 6.57. The molecule has 0 spiro atoms. The minimum absolute atomic E-state index is 0.0152. The summed E-state index contributed by atoms with van der Waals surface area (Å²) in [6.45, 7) is 3.76. The van der Waals surface area contributed by atoms with Gasteiger partial charge in [0.05, 0.1) is 13.7 Å². The Hall–Kier alpha value is -2.52. The zero-order valence-corrected chi connectivity index (χ0v) is 18.3. The van der Waals surface area contributed by atoms with E-state index in [0.29, 0.717) is 29.7 Å². The lowest BCUT2D eigenvalue weighted by molar-refractivity contribution is -0.159. The number of morpholine rings is 1. The van der Waals surface area contributed by atoms with Crippen LogP contribution in [0.5, 0.6) is 11.5 Å². The van der Waals surface area contributed by atoms with Gasteiger partial charge in [-0.1, -0.05) is 35.3 Å². The molecule has 1 heterocycles. The van der Waals surface area contributed by atoms with Crippen molar-refractivity contribution < 1.29 is 34.0 Å². The number of hydrogen-bond donors (Lipinski definition) is 2. The molecule has 31 heavy (non-hydrogen) atoms. The molecule has 10 heteroatoms. The van der Waals surface area contributed by atoms with Gasteiger partial charge in [-0.05, 0) is 29.8 Å². The molecule has 0 aliphatic carbocycles. The van der Waals surface area contributed by atoms with E-state index in [4.69, 9.17) is 57.2 Å². The molecule has 2 aromatic rings. The van der Waals surface area contributed by atoms with Gasteiger partial charge in [0, 0.05) is 35.7 Å². The van der Waals surface area contributed by atoms with Crippen molar-refractivity contribution in [3.05, 3.63) is 58.1 Å². The van der Waals surface area contributed by atoms with Crippen molar-refractivity contribution >= 4 is 35.1 Å². The van der Waals surface area contributed by atoms with E-state index < -0.39 is 11.9 Å². The van der Waals surface area contributed by atoms with Crippen molar-refractivity contribution in [1.29, 1.82) is 0 Å². The van der Waals surface area contributed by atoms with Gasteiger partial charge in [-0.2, -0.15) is 0 Å². The topological polar surface area (TPSA) is 106 Å². The third-order valence-corrected chi connectivity index (χ3v) is 4.76. The summed E-state index contributed by atoms with van der Waals surface area (Å²) in [7, 11) is 1.60. The molecule has 0 saturated carbocycles. The quantitative estimate of drug-likeness (QED) is 0.617. The van der Waals surface area contributed by atoms with Crippen LogP contribution in [-0.2, 0) is 20.9 Å².